The molecule has 378 valence electrons. The molecule has 0 N–H and O–H groups in total. The zero-order valence-corrected chi connectivity index (χ0v) is 43.4. The standard InChI is InChI=1S/C61H104O5/c1-4-7-10-13-16-19-22-25-27-29-30-31-33-35-38-41-44-47-50-53-56-64-57-59(66-61(63)55-52-49-46-43-40-36-24-21-18-15-12-9-6-3)58-65-60(62)54-51-48-45-42-39-37-34-32-28-26-23-20-17-14-11-8-5-2/h7-8,10-11,16-17,19-21,24-28,30-31,59H,4-6,9,12-15,18,22-23,29,32-58H2,1-3H3/b10-7-,11-8-,19-16-,20-17-,24-21-,27-25-,28-26-,31-30-. The summed E-state index contributed by atoms with van der Waals surface area (Å²) in [4.78, 5) is 25.5. The van der Waals surface area contributed by atoms with Gasteiger partial charge in [-0.3, -0.25) is 9.59 Å². The molecule has 0 saturated carbocycles. The quantitative estimate of drug-likeness (QED) is 0.0346. The minimum Gasteiger partial charge on any atom is -0.462 e. The molecule has 1 atom stereocenters. The van der Waals surface area contributed by atoms with Crippen LogP contribution in [0.5, 0.6) is 0 Å². The zero-order chi connectivity index (χ0) is 47.7. The number of unbranched alkanes of at least 4 members (excludes halogenated alkanes) is 23. The van der Waals surface area contributed by atoms with E-state index in [-0.39, 0.29) is 25.2 Å². The molecule has 0 aliphatic carbocycles. The lowest BCUT2D eigenvalue weighted by Gasteiger charge is -2.18. The lowest BCUT2D eigenvalue weighted by molar-refractivity contribution is -0.163. The van der Waals surface area contributed by atoms with Gasteiger partial charge in [0.15, 0.2) is 6.10 Å². The first kappa shape index (κ1) is 62.8. The Bertz CT molecular complexity index is 1270. The molecule has 0 aromatic rings. The van der Waals surface area contributed by atoms with E-state index in [9.17, 15) is 9.59 Å². The summed E-state index contributed by atoms with van der Waals surface area (Å²) in [6.45, 7) is 7.56. The normalized spacial score (nSPS) is 13.0. The predicted octanol–water partition coefficient (Wildman–Crippen LogP) is 19.0. The van der Waals surface area contributed by atoms with Gasteiger partial charge in [-0.05, 0) is 116 Å². The van der Waals surface area contributed by atoms with Crippen molar-refractivity contribution in [3.8, 4) is 0 Å². The molecule has 0 aliphatic heterocycles. The average molecular weight is 917 g/mol. The summed E-state index contributed by atoms with van der Waals surface area (Å²) in [5.41, 5.74) is 0. The maximum Gasteiger partial charge on any atom is 0.306 e. The summed E-state index contributed by atoms with van der Waals surface area (Å²) in [6, 6.07) is 0. The van der Waals surface area contributed by atoms with Crippen LogP contribution < -0.4 is 0 Å². The van der Waals surface area contributed by atoms with Gasteiger partial charge >= 0.3 is 11.9 Å². The van der Waals surface area contributed by atoms with Crippen molar-refractivity contribution in [1.29, 1.82) is 0 Å². The number of hydrogen-bond donors (Lipinski definition) is 0. The summed E-state index contributed by atoms with van der Waals surface area (Å²) in [5, 5.41) is 0. The highest BCUT2D eigenvalue weighted by Crippen LogP contribution is 2.14. The summed E-state index contributed by atoms with van der Waals surface area (Å²) < 4.78 is 17.4. The number of allylic oxidation sites excluding steroid dienone is 16. The van der Waals surface area contributed by atoms with E-state index in [2.05, 4.69) is 118 Å². The average Bonchev–Trinajstić information content (AvgIpc) is 3.32. The first-order chi connectivity index (χ1) is 32.6. The van der Waals surface area contributed by atoms with E-state index in [0.29, 0.717) is 19.4 Å². The molecular weight excluding hydrogens is 813 g/mol. The summed E-state index contributed by atoms with van der Waals surface area (Å²) >= 11 is 0. The fraction of sp³-hybridized carbons (Fsp3) is 0.705. The van der Waals surface area contributed by atoms with Crippen molar-refractivity contribution in [2.24, 2.45) is 0 Å². The molecule has 0 spiro atoms. The highest BCUT2D eigenvalue weighted by molar-refractivity contribution is 5.70. The van der Waals surface area contributed by atoms with Gasteiger partial charge in [-0.15, -0.1) is 0 Å². The molecule has 5 heteroatoms. The van der Waals surface area contributed by atoms with E-state index in [1.54, 1.807) is 0 Å². The van der Waals surface area contributed by atoms with Crippen LogP contribution in [0.1, 0.15) is 252 Å². The SMILES string of the molecule is CC/C=C\C/C=C\C/C=C\C/C=C\CCCCCCCCCOCC(COC(=O)CCCCCCCCC/C=C\C/C=C\C/C=C\CC)OC(=O)CCCCCCC/C=C\CCCCCC. The number of carbonyl (C=O) groups is 2. The maximum absolute atomic E-state index is 12.8. The van der Waals surface area contributed by atoms with Crippen LogP contribution in [0.3, 0.4) is 0 Å². The zero-order valence-electron chi connectivity index (χ0n) is 43.4. The Morgan fingerprint density at radius 1 is 0.348 bits per heavy atom. The van der Waals surface area contributed by atoms with Crippen molar-refractivity contribution >= 4 is 11.9 Å². The van der Waals surface area contributed by atoms with Gasteiger partial charge in [0, 0.05) is 19.4 Å². The Hall–Kier alpha value is -3.18. The Kier molecular flexibility index (Phi) is 53.4. The van der Waals surface area contributed by atoms with Gasteiger partial charge in [0.1, 0.15) is 6.61 Å². The van der Waals surface area contributed by atoms with Gasteiger partial charge in [0.05, 0.1) is 6.61 Å². The van der Waals surface area contributed by atoms with Gasteiger partial charge in [-0.2, -0.15) is 0 Å². The predicted molar refractivity (Wildman–Crippen MR) is 288 cm³/mol. The number of carbonyl (C=O) groups excluding carboxylic acids is 2. The molecule has 0 aromatic heterocycles. The van der Waals surface area contributed by atoms with Crippen molar-refractivity contribution in [2.45, 2.75) is 258 Å². The number of esters is 2. The fourth-order valence-electron chi connectivity index (χ4n) is 7.51. The molecule has 0 amide bonds. The van der Waals surface area contributed by atoms with E-state index in [1.807, 2.05) is 0 Å². The van der Waals surface area contributed by atoms with Gasteiger partial charge in [0.2, 0.25) is 0 Å². The second kappa shape index (κ2) is 56.1. The Balaban J connectivity index is 4.31. The molecule has 0 heterocycles. The highest BCUT2D eigenvalue weighted by Gasteiger charge is 2.17. The van der Waals surface area contributed by atoms with Crippen molar-refractivity contribution < 1.29 is 23.8 Å². The first-order valence-corrected chi connectivity index (χ1v) is 27.8. The minimum atomic E-state index is -0.556. The summed E-state index contributed by atoms with van der Waals surface area (Å²) in [6.07, 6.45) is 75.6. The number of ether oxygens (including phenoxy) is 3. The molecule has 0 bridgehead atoms. The van der Waals surface area contributed by atoms with Gasteiger partial charge < -0.3 is 14.2 Å². The van der Waals surface area contributed by atoms with Crippen LogP contribution in [-0.2, 0) is 23.8 Å². The van der Waals surface area contributed by atoms with Crippen LogP contribution in [-0.4, -0.2) is 37.9 Å². The molecule has 5 nitrogen and oxygen atoms in total. The molecule has 1 unspecified atom stereocenters. The lowest BCUT2D eigenvalue weighted by Crippen LogP contribution is -2.30. The smallest absolute Gasteiger partial charge is 0.306 e. The van der Waals surface area contributed by atoms with E-state index in [4.69, 9.17) is 14.2 Å². The molecule has 0 fully saturated rings. The monoisotopic (exact) mass is 917 g/mol. The second-order valence-electron chi connectivity index (χ2n) is 18.1. The third-order valence-corrected chi connectivity index (χ3v) is 11.6. The van der Waals surface area contributed by atoms with E-state index < -0.39 is 6.10 Å². The first-order valence-electron chi connectivity index (χ1n) is 27.8. The van der Waals surface area contributed by atoms with Gasteiger partial charge in [-0.1, -0.05) is 221 Å². The molecule has 0 rings (SSSR count). The van der Waals surface area contributed by atoms with Gasteiger partial charge in [-0.25, -0.2) is 0 Å². The molecule has 0 aromatic carbocycles. The van der Waals surface area contributed by atoms with Gasteiger partial charge in [0.25, 0.3) is 0 Å². The fourth-order valence-corrected chi connectivity index (χ4v) is 7.51. The van der Waals surface area contributed by atoms with E-state index in [1.165, 1.54) is 109 Å². The largest absolute Gasteiger partial charge is 0.462 e. The Morgan fingerprint density at radius 2 is 0.682 bits per heavy atom. The second-order valence-corrected chi connectivity index (χ2v) is 18.1. The number of rotatable bonds is 50. The van der Waals surface area contributed by atoms with Crippen molar-refractivity contribution in [3.05, 3.63) is 97.2 Å². The Labute approximate surface area is 409 Å². The van der Waals surface area contributed by atoms with Crippen LogP contribution >= 0.6 is 0 Å². The van der Waals surface area contributed by atoms with Crippen LogP contribution in [0.4, 0.5) is 0 Å². The van der Waals surface area contributed by atoms with Crippen LogP contribution in [0.25, 0.3) is 0 Å². The van der Waals surface area contributed by atoms with Crippen molar-refractivity contribution in [2.75, 3.05) is 19.8 Å². The van der Waals surface area contributed by atoms with Crippen LogP contribution in [0.15, 0.2) is 97.2 Å². The lowest BCUT2D eigenvalue weighted by atomic mass is 10.1. The summed E-state index contributed by atoms with van der Waals surface area (Å²) in [5.74, 6) is -0.424. The molecular formula is C61H104O5. The van der Waals surface area contributed by atoms with Crippen molar-refractivity contribution in [3.63, 3.8) is 0 Å². The number of hydrogen-bond acceptors (Lipinski definition) is 5. The van der Waals surface area contributed by atoms with E-state index >= 15 is 0 Å². The summed E-state index contributed by atoms with van der Waals surface area (Å²) in [7, 11) is 0. The Morgan fingerprint density at radius 3 is 1.11 bits per heavy atom. The molecule has 0 aliphatic rings. The van der Waals surface area contributed by atoms with Crippen LogP contribution in [0.2, 0.25) is 0 Å². The molecule has 0 radical (unpaired) electrons. The topological polar surface area (TPSA) is 61.8 Å². The highest BCUT2D eigenvalue weighted by atomic mass is 16.6. The third kappa shape index (κ3) is 53.4. The minimum absolute atomic E-state index is 0.0681. The molecule has 66 heavy (non-hydrogen) atoms. The molecule has 0 saturated heterocycles. The van der Waals surface area contributed by atoms with E-state index in [0.717, 1.165) is 109 Å². The van der Waals surface area contributed by atoms with Crippen molar-refractivity contribution in [1.82, 2.24) is 0 Å². The third-order valence-electron chi connectivity index (χ3n) is 11.6. The van der Waals surface area contributed by atoms with Crippen LogP contribution in [0, 0.1) is 0 Å². The maximum atomic E-state index is 12.8.